The van der Waals surface area contributed by atoms with Crippen molar-refractivity contribution >= 4 is 65.5 Å². The predicted molar refractivity (Wildman–Crippen MR) is 205 cm³/mol. The molecule has 1 aliphatic rings. The Morgan fingerprint density at radius 3 is 2.18 bits per heavy atom. The van der Waals surface area contributed by atoms with Crippen molar-refractivity contribution in [2.45, 2.75) is 19.3 Å². The highest BCUT2D eigenvalue weighted by Gasteiger charge is 2.38. The minimum absolute atomic E-state index is 0.200. The molecule has 3 aromatic heterocycles. The van der Waals surface area contributed by atoms with Gasteiger partial charge in [0.25, 0.3) is 0 Å². The number of fused-ring (bicyclic) bond motifs is 13. The van der Waals surface area contributed by atoms with E-state index in [1.807, 2.05) is 42.5 Å². The van der Waals surface area contributed by atoms with Crippen LogP contribution in [0, 0.1) is 0 Å². The monoisotopic (exact) mass is 643 g/mol. The molecule has 0 saturated carbocycles. The molecule has 50 heavy (non-hydrogen) atoms. The Hall–Kier alpha value is -6.39. The SMILES string of the molecule is CC1(C)c2ccccc2-c2ccc3c4ccccc4n(-c4ccc5c(c4)c(=O)oc4cc(-c6cccc7oc8ccccc8c67)ccc45)c3c21. The quantitative estimate of drug-likeness (QED) is 0.139. The number of nitrogens with zero attached hydrogens (tertiary/aromatic N) is 1. The minimum atomic E-state index is -0.350. The van der Waals surface area contributed by atoms with Gasteiger partial charge in [0.05, 0.1) is 16.4 Å². The Labute approximate surface area is 286 Å². The minimum Gasteiger partial charge on any atom is -0.456 e. The van der Waals surface area contributed by atoms with Crippen LogP contribution in [-0.2, 0) is 5.41 Å². The number of benzene rings is 7. The molecule has 7 aromatic carbocycles. The summed E-state index contributed by atoms with van der Waals surface area (Å²) in [5.41, 5.74) is 12.1. The normalized spacial score (nSPS) is 13.6. The molecule has 3 heterocycles. The predicted octanol–water partition coefficient (Wildman–Crippen LogP) is 11.9. The highest BCUT2D eigenvalue weighted by molar-refractivity contribution is 6.15. The van der Waals surface area contributed by atoms with Gasteiger partial charge in [0.2, 0.25) is 0 Å². The van der Waals surface area contributed by atoms with Crippen LogP contribution >= 0.6 is 0 Å². The van der Waals surface area contributed by atoms with Crippen LogP contribution in [0.15, 0.2) is 153 Å². The van der Waals surface area contributed by atoms with Gasteiger partial charge in [-0.25, -0.2) is 4.79 Å². The molecule has 0 N–H and O–H groups in total. The summed E-state index contributed by atoms with van der Waals surface area (Å²) in [6, 6.07) is 48.4. The summed E-state index contributed by atoms with van der Waals surface area (Å²) in [4.78, 5) is 13.9. The van der Waals surface area contributed by atoms with Crippen molar-refractivity contribution in [3.05, 3.63) is 161 Å². The summed E-state index contributed by atoms with van der Waals surface area (Å²) in [6.07, 6.45) is 0. The number of para-hydroxylation sites is 2. The van der Waals surface area contributed by atoms with Gasteiger partial charge >= 0.3 is 5.63 Å². The van der Waals surface area contributed by atoms with E-state index < -0.39 is 0 Å². The third-order valence-electron chi connectivity index (χ3n) is 11.0. The summed E-state index contributed by atoms with van der Waals surface area (Å²) in [7, 11) is 0. The molecule has 236 valence electrons. The molecule has 0 saturated heterocycles. The van der Waals surface area contributed by atoms with Crippen molar-refractivity contribution in [2.24, 2.45) is 0 Å². The van der Waals surface area contributed by atoms with Gasteiger partial charge in [-0.05, 0) is 75.8 Å². The van der Waals surface area contributed by atoms with Crippen molar-refractivity contribution in [3.8, 4) is 27.9 Å². The van der Waals surface area contributed by atoms with Crippen molar-refractivity contribution in [3.63, 3.8) is 0 Å². The summed E-state index contributed by atoms with van der Waals surface area (Å²) in [6.45, 7) is 4.65. The number of furan rings is 1. The lowest BCUT2D eigenvalue weighted by molar-refractivity contribution is 0.570. The zero-order valence-corrected chi connectivity index (χ0v) is 27.5. The largest absolute Gasteiger partial charge is 0.456 e. The molecule has 0 bridgehead atoms. The van der Waals surface area contributed by atoms with Gasteiger partial charge < -0.3 is 13.4 Å². The molecule has 4 nitrogen and oxygen atoms in total. The molecule has 4 heteroatoms. The first-order valence-electron chi connectivity index (χ1n) is 17.1. The van der Waals surface area contributed by atoms with E-state index >= 15 is 0 Å². The summed E-state index contributed by atoms with van der Waals surface area (Å²) in [5.74, 6) is 0. The molecule has 0 amide bonds. The van der Waals surface area contributed by atoms with E-state index in [9.17, 15) is 4.79 Å². The van der Waals surface area contributed by atoms with Gasteiger partial charge in [-0.2, -0.15) is 0 Å². The lowest BCUT2D eigenvalue weighted by atomic mass is 9.81. The van der Waals surface area contributed by atoms with E-state index in [2.05, 4.69) is 115 Å². The smallest absolute Gasteiger partial charge is 0.344 e. The van der Waals surface area contributed by atoms with Crippen LogP contribution in [0.1, 0.15) is 25.0 Å². The summed E-state index contributed by atoms with van der Waals surface area (Å²) >= 11 is 0. The van der Waals surface area contributed by atoms with Crippen molar-refractivity contribution in [2.75, 3.05) is 0 Å². The Balaban J connectivity index is 1.14. The van der Waals surface area contributed by atoms with Crippen LogP contribution in [0.3, 0.4) is 0 Å². The number of hydrogen-bond donors (Lipinski definition) is 0. The van der Waals surface area contributed by atoms with Gasteiger partial charge in [-0.1, -0.05) is 111 Å². The second-order valence-electron chi connectivity index (χ2n) is 14.0. The van der Waals surface area contributed by atoms with E-state index in [1.165, 1.54) is 38.5 Å². The third kappa shape index (κ3) is 3.52. The van der Waals surface area contributed by atoms with Crippen LogP contribution in [-0.4, -0.2) is 4.57 Å². The van der Waals surface area contributed by atoms with Crippen molar-refractivity contribution in [1.29, 1.82) is 0 Å². The molecular weight excluding hydrogens is 615 g/mol. The van der Waals surface area contributed by atoms with E-state index in [0.717, 1.165) is 55.0 Å². The molecule has 10 aromatic rings. The van der Waals surface area contributed by atoms with Gasteiger partial charge in [0, 0.05) is 43.4 Å². The number of hydrogen-bond acceptors (Lipinski definition) is 3. The zero-order valence-electron chi connectivity index (χ0n) is 27.5. The van der Waals surface area contributed by atoms with E-state index in [4.69, 9.17) is 8.83 Å². The maximum Gasteiger partial charge on any atom is 0.344 e. The lowest BCUT2D eigenvalue weighted by Gasteiger charge is -2.23. The van der Waals surface area contributed by atoms with Crippen molar-refractivity contribution in [1.82, 2.24) is 4.57 Å². The van der Waals surface area contributed by atoms with E-state index in [1.54, 1.807) is 0 Å². The zero-order chi connectivity index (χ0) is 33.3. The molecule has 0 fully saturated rings. The Bertz CT molecular complexity index is 3150. The van der Waals surface area contributed by atoms with Gasteiger partial charge in [-0.3, -0.25) is 0 Å². The van der Waals surface area contributed by atoms with Gasteiger partial charge in [0.1, 0.15) is 16.7 Å². The van der Waals surface area contributed by atoms with E-state index in [0.29, 0.717) is 11.0 Å². The van der Waals surface area contributed by atoms with Crippen LogP contribution in [0.2, 0.25) is 0 Å². The van der Waals surface area contributed by atoms with Crippen LogP contribution < -0.4 is 5.63 Å². The third-order valence-corrected chi connectivity index (χ3v) is 11.0. The topological polar surface area (TPSA) is 48.3 Å². The van der Waals surface area contributed by atoms with Crippen LogP contribution in [0.25, 0.3) is 93.4 Å². The Morgan fingerprint density at radius 1 is 0.520 bits per heavy atom. The molecular formula is C46H29NO3. The first-order valence-corrected chi connectivity index (χ1v) is 17.1. The van der Waals surface area contributed by atoms with Crippen LogP contribution in [0.5, 0.6) is 0 Å². The first-order chi connectivity index (χ1) is 24.5. The second kappa shape index (κ2) is 9.61. The van der Waals surface area contributed by atoms with Gasteiger partial charge in [-0.15, -0.1) is 0 Å². The first kappa shape index (κ1) is 27.5. The average Bonchev–Trinajstić information content (AvgIpc) is 3.77. The molecule has 0 atom stereocenters. The number of rotatable bonds is 2. The number of aromatic nitrogens is 1. The molecule has 1 aliphatic carbocycles. The summed E-state index contributed by atoms with van der Waals surface area (Å²) < 4.78 is 14.6. The fourth-order valence-electron chi connectivity index (χ4n) is 8.82. The Morgan fingerprint density at radius 2 is 1.26 bits per heavy atom. The standard InChI is InChI=1S/C46H29NO3/c1-46(2)37-14-6-3-10-30(37)33-22-23-34-31-11-4-7-15-38(31)47(44(34)43(33)46)27-19-21-29-32-20-18-26(24-41(32)50-45(48)36(29)25-27)28-13-9-17-40-42(28)35-12-5-8-16-39(35)49-40/h3-25H,1-2H3. The molecule has 0 unspecified atom stereocenters. The summed E-state index contributed by atoms with van der Waals surface area (Å²) in [5, 5.41) is 6.85. The molecule has 11 rings (SSSR count). The highest BCUT2D eigenvalue weighted by Crippen LogP contribution is 2.53. The molecule has 0 spiro atoms. The molecule has 0 aliphatic heterocycles. The maximum absolute atomic E-state index is 13.9. The Kier molecular flexibility index (Phi) is 5.30. The maximum atomic E-state index is 13.9. The van der Waals surface area contributed by atoms with Gasteiger partial charge in [0.15, 0.2) is 0 Å². The average molecular weight is 644 g/mol. The van der Waals surface area contributed by atoms with Crippen LogP contribution in [0.4, 0.5) is 0 Å². The second-order valence-corrected chi connectivity index (χ2v) is 14.0. The highest BCUT2D eigenvalue weighted by atomic mass is 16.4. The van der Waals surface area contributed by atoms with Crippen molar-refractivity contribution < 1.29 is 8.83 Å². The lowest BCUT2D eigenvalue weighted by Crippen LogP contribution is -2.16. The molecule has 0 radical (unpaired) electrons. The fourth-order valence-corrected chi connectivity index (χ4v) is 8.82. The van der Waals surface area contributed by atoms with E-state index in [-0.39, 0.29) is 11.0 Å². The fraction of sp³-hybridized carbons (Fsp3) is 0.0652.